The van der Waals surface area contributed by atoms with E-state index in [1.54, 1.807) is 0 Å². The molecule has 0 aliphatic heterocycles. The number of hydrogen-bond acceptors (Lipinski definition) is 6. The number of halogens is 15. The molecule has 0 bridgehead atoms. The maximum absolute atomic E-state index is 12.8. The van der Waals surface area contributed by atoms with Gasteiger partial charge >= 0.3 is 29.5 Å². The van der Waals surface area contributed by atoms with E-state index in [1.165, 1.54) is 0 Å². The fourth-order valence-corrected chi connectivity index (χ4v) is 8.61. The molecule has 6 nitrogen and oxygen atoms in total. The van der Waals surface area contributed by atoms with Crippen LogP contribution in [0.15, 0.2) is 0 Å². The Morgan fingerprint density at radius 1 is 0.469 bits per heavy atom. The highest BCUT2D eigenvalue weighted by Gasteiger charge is 2.84. The zero-order chi connectivity index (χ0) is 26.8. The SMILES string of the molecule is O=S(=O)(CC(C(F)(F)F)(C(F)(F)F)C(F)(F)F)[C-](S(=O)(=O)C(F)(F)F)S(=O)(=O)C(F)(F)F. The Balaban J connectivity index is 7.67. The van der Waals surface area contributed by atoms with Crippen molar-refractivity contribution >= 4 is 29.5 Å². The molecule has 0 aromatic heterocycles. The van der Waals surface area contributed by atoms with Gasteiger partial charge in [-0.05, 0) is 0 Å². The van der Waals surface area contributed by atoms with E-state index in [2.05, 4.69) is 0 Å². The molecule has 0 N–H and O–H groups in total. The van der Waals surface area contributed by atoms with E-state index in [9.17, 15) is 91.1 Å². The zero-order valence-corrected chi connectivity index (χ0v) is 16.0. The molecular weight excluding hydrogens is 573 g/mol. The molecule has 0 saturated carbocycles. The second kappa shape index (κ2) is 7.66. The zero-order valence-electron chi connectivity index (χ0n) is 13.6. The summed E-state index contributed by atoms with van der Waals surface area (Å²) in [5.41, 5.74) is -22.6. The molecule has 0 aromatic carbocycles. The lowest BCUT2D eigenvalue weighted by atomic mass is 9.88. The first-order chi connectivity index (χ1) is 13.3. The van der Waals surface area contributed by atoms with Crippen molar-refractivity contribution in [3.05, 3.63) is 3.91 Å². The van der Waals surface area contributed by atoms with Gasteiger partial charge in [0.2, 0.25) is 0 Å². The van der Waals surface area contributed by atoms with Gasteiger partial charge < -0.3 is 0 Å². The maximum Gasteiger partial charge on any atom is 0.470 e. The first kappa shape index (κ1) is 30.8. The smallest absolute Gasteiger partial charge is 0.260 e. The minimum absolute atomic E-state index is 4.98. The van der Waals surface area contributed by atoms with Gasteiger partial charge in [0, 0.05) is 0 Å². The van der Waals surface area contributed by atoms with Gasteiger partial charge in [0.05, 0.1) is 19.5 Å². The van der Waals surface area contributed by atoms with E-state index < -0.39 is 74.1 Å². The summed E-state index contributed by atoms with van der Waals surface area (Å²) < 4.78 is 252. The molecule has 0 rings (SSSR count). The van der Waals surface area contributed by atoms with Crippen LogP contribution in [0.4, 0.5) is 65.9 Å². The van der Waals surface area contributed by atoms with Crippen LogP contribution in [-0.4, -0.2) is 60.6 Å². The van der Waals surface area contributed by atoms with E-state index in [4.69, 9.17) is 0 Å². The molecule has 0 amide bonds. The quantitative estimate of drug-likeness (QED) is 0.368. The summed E-state index contributed by atoms with van der Waals surface area (Å²) >= 11 is 0. The third-order valence-corrected chi connectivity index (χ3v) is 10.7. The summed E-state index contributed by atoms with van der Waals surface area (Å²) in [6.45, 7) is 0. The van der Waals surface area contributed by atoms with Gasteiger partial charge in [0.25, 0.3) is 5.41 Å². The first-order valence-corrected chi connectivity index (χ1v) is 10.9. The predicted octanol–water partition coefficient (Wildman–Crippen LogP) is 3.39. The van der Waals surface area contributed by atoms with Crippen LogP contribution in [0.2, 0.25) is 0 Å². The minimum Gasteiger partial charge on any atom is -0.260 e. The van der Waals surface area contributed by atoms with Gasteiger partial charge in [-0.3, -0.25) is 25.3 Å². The topological polar surface area (TPSA) is 102 Å². The van der Waals surface area contributed by atoms with Crippen molar-refractivity contribution in [3.8, 4) is 0 Å². The van der Waals surface area contributed by atoms with Crippen LogP contribution in [0.5, 0.6) is 0 Å². The normalized spacial score (nSPS) is 16.5. The Kier molecular flexibility index (Phi) is 7.37. The Hall–Kier alpha value is -1.20. The molecule has 0 unspecified atom stereocenters. The summed E-state index contributed by atoms with van der Waals surface area (Å²) in [7, 11) is -25.4. The van der Waals surface area contributed by atoms with E-state index in [1.807, 2.05) is 0 Å². The Morgan fingerprint density at radius 2 is 0.688 bits per heavy atom. The van der Waals surface area contributed by atoms with Gasteiger partial charge in [0.1, 0.15) is 0 Å². The van der Waals surface area contributed by atoms with E-state index >= 15 is 0 Å². The number of hydrogen-bond donors (Lipinski definition) is 0. The van der Waals surface area contributed by atoms with Crippen molar-refractivity contribution < 1.29 is 91.1 Å². The standard InChI is InChI=1S/C8H2F15O6S3/c9-4(10,11)3(5(12,13)14,6(15,16)17)1-30(24,25)2(31(26,27)7(18,19)20)32(28,29)8(21,22)23/h1H2/q-1. The Labute approximate surface area is 166 Å². The second-order valence-corrected chi connectivity index (χ2v) is 11.8. The van der Waals surface area contributed by atoms with Gasteiger partial charge in [-0.25, -0.2) is 0 Å². The Morgan fingerprint density at radius 3 is 0.844 bits per heavy atom. The highest BCUT2D eigenvalue weighted by atomic mass is 32.3. The molecule has 0 radical (unpaired) electrons. The van der Waals surface area contributed by atoms with Gasteiger partial charge in [-0.15, -0.1) is 0 Å². The third kappa shape index (κ3) is 4.84. The van der Waals surface area contributed by atoms with Gasteiger partial charge in [0.15, 0.2) is 19.7 Å². The van der Waals surface area contributed by atoms with Crippen molar-refractivity contribution in [2.45, 2.75) is 29.5 Å². The molecule has 0 saturated heterocycles. The summed E-state index contributed by atoms with van der Waals surface area (Å²) in [6, 6.07) is 0. The second-order valence-electron chi connectivity index (χ2n) is 5.31. The van der Waals surface area contributed by atoms with Gasteiger partial charge in [-0.1, -0.05) is 0 Å². The number of alkyl halides is 15. The van der Waals surface area contributed by atoms with Crippen LogP contribution in [-0.2, 0) is 29.5 Å². The molecular formula is C8H2F15O6S3-. The predicted molar refractivity (Wildman–Crippen MR) is 67.6 cm³/mol. The summed E-state index contributed by atoms with van der Waals surface area (Å²) in [4.78, 5) is 0. The highest BCUT2D eigenvalue weighted by molar-refractivity contribution is 8.29. The van der Waals surface area contributed by atoms with E-state index in [-0.39, 0.29) is 0 Å². The fraction of sp³-hybridized carbons (Fsp3) is 0.875. The molecule has 32 heavy (non-hydrogen) atoms. The van der Waals surface area contributed by atoms with Crippen LogP contribution in [0, 0.1) is 9.33 Å². The maximum atomic E-state index is 12.8. The highest BCUT2D eigenvalue weighted by Crippen LogP contribution is 2.61. The van der Waals surface area contributed by atoms with Crippen molar-refractivity contribution in [1.82, 2.24) is 0 Å². The molecule has 0 spiro atoms. The van der Waals surface area contributed by atoms with Crippen molar-refractivity contribution in [2.24, 2.45) is 5.41 Å². The number of sulfone groups is 3. The van der Waals surface area contributed by atoms with E-state index in [0.717, 1.165) is 0 Å². The molecule has 0 aromatic rings. The summed E-state index contributed by atoms with van der Waals surface area (Å²) in [5.74, 6) is -4.98. The molecule has 24 heteroatoms. The van der Waals surface area contributed by atoms with E-state index in [0.29, 0.717) is 0 Å². The lowest BCUT2D eigenvalue weighted by Gasteiger charge is -2.41. The van der Waals surface area contributed by atoms with Crippen LogP contribution >= 0.6 is 0 Å². The summed E-state index contributed by atoms with van der Waals surface area (Å²) in [6.07, 6.45) is -23.7. The molecule has 194 valence electrons. The average Bonchev–Trinajstić information content (AvgIpc) is 2.36. The number of rotatable bonds is 5. The first-order valence-electron chi connectivity index (χ1n) is 6.25. The van der Waals surface area contributed by atoms with Crippen LogP contribution in [0.25, 0.3) is 0 Å². The lowest BCUT2D eigenvalue weighted by Crippen LogP contribution is -2.64. The molecule has 0 heterocycles. The molecule has 0 aliphatic rings. The van der Waals surface area contributed by atoms with Crippen LogP contribution in [0.3, 0.4) is 0 Å². The molecule has 0 fully saturated rings. The van der Waals surface area contributed by atoms with Gasteiger partial charge in [-0.2, -0.15) is 65.9 Å². The summed E-state index contributed by atoms with van der Waals surface area (Å²) in [5, 5.41) is 0. The lowest BCUT2D eigenvalue weighted by molar-refractivity contribution is -0.418. The third-order valence-electron chi connectivity index (χ3n) is 3.16. The van der Waals surface area contributed by atoms with Crippen molar-refractivity contribution in [1.29, 1.82) is 0 Å². The minimum atomic E-state index is -8.53. The molecule has 0 atom stereocenters. The van der Waals surface area contributed by atoms with Crippen molar-refractivity contribution in [2.75, 3.05) is 5.75 Å². The van der Waals surface area contributed by atoms with Crippen molar-refractivity contribution in [3.63, 3.8) is 0 Å². The van der Waals surface area contributed by atoms with Crippen LogP contribution < -0.4 is 0 Å². The fourth-order valence-electron chi connectivity index (χ4n) is 1.74. The largest absolute Gasteiger partial charge is 0.470 e. The monoisotopic (exact) mass is 575 g/mol. The van der Waals surface area contributed by atoms with Crippen LogP contribution in [0.1, 0.15) is 0 Å². The Bertz CT molecular complexity index is 939. The average molecular weight is 575 g/mol. The molecule has 0 aliphatic carbocycles.